The Labute approximate surface area is 113 Å². The van der Waals surface area contributed by atoms with Gasteiger partial charge in [-0.05, 0) is 6.07 Å². The summed E-state index contributed by atoms with van der Waals surface area (Å²) in [6, 6.07) is 8.98. The average Bonchev–Trinajstić information content (AvgIpc) is 2.41. The van der Waals surface area contributed by atoms with Crippen molar-refractivity contribution in [2.45, 2.75) is 6.42 Å². The van der Waals surface area contributed by atoms with Crippen molar-refractivity contribution >= 4 is 11.7 Å². The molecule has 0 saturated carbocycles. The number of hydrogen-bond acceptors (Lipinski definition) is 5. The van der Waals surface area contributed by atoms with Gasteiger partial charge >= 0.3 is 5.97 Å². The van der Waals surface area contributed by atoms with Crippen molar-refractivity contribution in [2.24, 2.45) is 0 Å². The number of carboxylic acids is 1. The number of pyridine rings is 1. The van der Waals surface area contributed by atoms with Crippen LogP contribution in [0.4, 0.5) is 5.69 Å². The van der Waals surface area contributed by atoms with Gasteiger partial charge in [-0.2, -0.15) is 0 Å². The number of carboxylic acid groups (broad SMARTS) is 1. The zero-order valence-corrected chi connectivity index (χ0v) is 10.2. The topological polar surface area (TPSA) is 103 Å². The lowest BCUT2D eigenvalue weighted by Gasteiger charge is -2.08. The van der Waals surface area contributed by atoms with Crippen LogP contribution in [0.15, 0.2) is 42.6 Å². The first kappa shape index (κ1) is 13.5. The second-order valence-electron chi connectivity index (χ2n) is 3.89. The van der Waals surface area contributed by atoms with Gasteiger partial charge < -0.3 is 9.84 Å². The maximum Gasteiger partial charge on any atom is 0.307 e. The Morgan fingerprint density at radius 1 is 1.35 bits per heavy atom. The van der Waals surface area contributed by atoms with E-state index in [4.69, 9.17) is 9.84 Å². The van der Waals surface area contributed by atoms with E-state index >= 15 is 0 Å². The minimum atomic E-state index is -0.993. The molecule has 2 rings (SSSR count). The van der Waals surface area contributed by atoms with Gasteiger partial charge in [0.25, 0.3) is 5.69 Å². The predicted molar refractivity (Wildman–Crippen MR) is 68.7 cm³/mol. The maximum absolute atomic E-state index is 10.8. The van der Waals surface area contributed by atoms with Gasteiger partial charge in [-0.25, -0.2) is 4.98 Å². The Kier molecular flexibility index (Phi) is 3.90. The van der Waals surface area contributed by atoms with Crippen LogP contribution in [0.2, 0.25) is 0 Å². The molecule has 0 amide bonds. The molecule has 7 nitrogen and oxygen atoms in total. The van der Waals surface area contributed by atoms with Crippen LogP contribution in [0.3, 0.4) is 0 Å². The van der Waals surface area contributed by atoms with Gasteiger partial charge in [-0.3, -0.25) is 14.9 Å². The standard InChI is InChI=1S/C13H10N2O5/c16-13(17)7-9-3-1-2-4-11(9)20-12-8-10(15(18)19)5-6-14-12/h1-6,8H,7H2,(H,16,17). The number of rotatable bonds is 5. The Bertz CT molecular complexity index is 657. The maximum atomic E-state index is 10.8. The van der Waals surface area contributed by atoms with Crippen molar-refractivity contribution in [1.82, 2.24) is 4.98 Å². The number of hydrogen-bond donors (Lipinski definition) is 1. The van der Waals surface area contributed by atoms with Crippen LogP contribution in [0.1, 0.15) is 5.56 Å². The zero-order chi connectivity index (χ0) is 14.5. The lowest BCUT2D eigenvalue weighted by atomic mass is 10.1. The molecule has 1 heterocycles. The number of nitrogens with zero attached hydrogens (tertiary/aromatic N) is 2. The van der Waals surface area contributed by atoms with E-state index in [1.807, 2.05) is 0 Å². The third-order valence-electron chi connectivity index (χ3n) is 2.46. The highest BCUT2D eigenvalue weighted by molar-refractivity contribution is 5.71. The van der Waals surface area contributed by atoms with E-state index in [0.717, 1.165) is 0 Å². The highest BCUT2D eigenvalue weighted by atomic mass is 16.6. The molecule has 0 saturated heterocycles. The zero-order valence-electron chi connectivity index (χ0n) is 10.2. The second-order valence-corrected chi connectivity index (χ2v) is 3.89. The van der Waals surface area contributed by atoms with Crippen LogP contribution in [-0.2, 0) is 11.2 Å². The third kappa shape index (κ3) is 3.29. The molecule has 0 radical (unpaired) electrons. The van der Waals surface area contributed by atoms with Crippen molar-refractivity contribution in [2.75, 3.05) is 0 Å². The summed E-state index contributed by atoms with van der Waals surface area (Å²) in [6.45, 7) is 0. The van der Waals surface area contributed by atoms with Crippen LogP contribution < -0.4 is 4.74 Å². The van der Waals surface area contributed by atoms with Crippen molar-refractivity contribution in [1.29, 1.82) is 0 Å². The summed E-state index contributed by atoms with van der Waals surface area (Å²) < 4.78 is 5.42. The monoisotopic (exact) mass is 274 g/mol. The summed E-state index contributed by atoms with van der Waals surface area (Å²) >= 11 is 0. The van der Waals surface area contributed by atoms with E-state index in [1.165, 1.54) is 18.3 Å². The van der Waals surface area contributed by atoms with Gasteiger partial charge in [0, 0.05) is 17.8 Å². The molecule has 102 valence electrons. The van der Waals surface area contributed by atoms with E-state index < -0.39 is 10.9 Å². The fourth-order valence-electron chi connectivity index (χ4n) is 1.59. The fourth-order valence-corrected chi connectivity index (χ4v) is 1.59. The molecule has 2 aromatic rings. The normalized spacial score (nSPS) is 10.0. The van der Waals surface area contributed by atoms with Crippen molar-refractivity contribution < 1.29 is 19.6 Å². The van der Waals surface area contributed by atoms with Gasteiger partial charge in [-0.15, -0.1) is 0 Å². The third-order valence-corrected chi connectivity index (χ3v) is 2.46. The highest BCUT2D eigenvalue weighted by Crippen LogP contribution is 2.26. The highest BCUT2D eigenvalue weighted by Gasteiger charge is 2.11. The van der Waals surface area contributed by atoms with Crippen molar-refractivity contribution in [3.8, 4) is 11.6 Å². The first-order chi connectivity index (χ1) is 9.56. The molecule has 0 bridgehead atoms. The lowest BCUT2D eigenvalue weighted by Crippen LogP contribution is -2.02. The Morgan fingerprint density at radius 3 is 2.80 bits per heavy atom. The largest absolute Gasteiger partial charge is 0.481 e. The average molecular weight is 274 g/mol. The number of carbonyl (C=O) groups is 1. The van der Waals surface area contributed by atoms with E-state index in [2.05, 4.69) is 4.98 Å². The summed E-state index contributed by atoms with van der Waals surface area (Å²) in [5.74, 6) is -0.645. The Balaban J connectivity index is 2.28. The Morgan fingerprint density at radius 2 is 2.10 bits per heavy atom. The van der Waals surface area contributed by atoms with E-state index in [1.54, 1.807) is 24.3 Å². The lowest BCUT2D eigenvalue weighted by molar-refractivity contribution is -0.385. The summed E-state index contributed by atoms with van der Waals surface area (Å²) in [5, 5.41) is 19.5. The molecule has 0 unspecified atom stereocenters. The van der Waals surface area contributed by atoms with E-state index in [9.17, 15) is 14.9 Å². The Hall–Kier alpha value is -2.96. The first-order valence-electron chi connectivity index (χ1n) is 5.64. The number of aromatic nitrogens is 1. The van der Waals surface area contributed by atoms with Crippen LogP contribution in [0, 0.1) is 10.1 Å². The molecule has 20 heavy (non-hydrogen) atoms. The van der Waals surface area contributed by atoms with Crippen molar-refractivity contribution in [3.05, 3.63) is 58.3 Å². The van der Waals surface area contributed by atoms with Gasteiger partial charge in [0.1, 0.15) is 5.75 Å². The molecule has 0 fully saturated rings. The molecule has 1 aromatic carbocycles. The van der Waals surface area contributed by atoms with Gasteiger partial charge in [-0.1, -0.05) is 18.2 Å². The first-order valence-corrected chi connectivity index (χ1v) is 5.64. The van der Waals surface area contributed by atoms with Crippen LogP contribution >= 0.6 is 0 Å². The molecule has 0 aliphatic heterocycles. The minimum absolute atomic E-state index is 0.0389. The summed E-state index contributed by atoms with van der Waals surface area (Å²) in [4.78, 5) is 24.7. The van der Waals surface area contributed by atoms with E-state index in [-0.39, 0.29) is 18.0 Å². The summed E-state index contributed by atoms with van der Waals surface area (Å²) in [5.41, 5.74) is 0.319. The number of para-hydroxylation sites is 1. The molecule has 0 atom stereocenters. The molecule has 7 heteroatoms. The summed E-state index contributed by atoms with van der Waals surface area (Å²) in [7, 11) is 0. The van der Waals surface area contributed by atoms with Gasteiger partial charge in [0.2, 0.25) is 5.88 Å². The van der Waals surface area contributed by atoms with Crippen LogP contribution in [0.25, 0.3) is 0 Å². The number of aliphatic carboxylic acids is 1. The minimum Gasteiger partial charge on any atom is -0.481 e. The predicted octanol–water partition coefficient (Wildman–Crippen LogP) is 2.41. The number of benzene rings is 1. The molecule has 0 spiro atoms. The molecule has 1 aromatic heterocycles. The van der Waals surface area contributed by atoms with Crippen LogP contribution in [-0.4, -0.2) is 21.0 Å². The smallest absolute Gasteiger partial charge is 0.307 e. The molecular formula is C13H10N2O5. The second kappa shape index (κ2) is 5.79. The van der Waals surface area contributed by atoms with Gasteiger partial charge in [0.15, 0.2) is 0 Å². The summed E-state index contributed by atoms with van der Waals surface area (Å²) in [6.07, 6.45) is 1.05. The molecule has 0 aliphatic carbocycles. The van der Waals surface area contributed by atoms with Crippen LogP contribution in [0.5, 0.6) is 11.6 Å². The molecule has 0 aliphatic rings. The molecular weight excluding hydrogens is 264 g/mol. The SMILES string of the molecule is O=C(O)Cc1ccccc1Oc1cc([N+](=O)[O-])ccn1. The number of ether oxygens (including phenoxy) is 1. The quantitative estimate of drug-likeness (QED) is 0.663. The number of nitro groups is 1. The molecule has 1 N–H and O–H groups in total. The van der Waals surface area contributed by atoms with Crippen molar-refractivity contribution in [3.63, 3.8) is 0 Å². The fraction of sp³-hybridized carbons (Fsp3) is 0.0769. The van der Waals surface area contributed by atoms with E-state index in [0.29, 0.717) is 11.3 Å². The van der Waals surface area contributed by atoms with Gasteiger partial charge in [0.05, 0.1) is 17.4 Å².